The van der Waals surface area contributed by atoms with Gasteiger partial charge in [0.25, 0.3) is 0 Å². The Hall–Kier alpha value is -5.02. The summed E-state index contributed by atoms with van der Waals surface area (Å²) < 4.78 is 33.3. The number of methoxy groups -OCH3 is 4. The standard InChI is InChI=1S/C22H26O4.C16H18O4.C3H5Br/c1-7-9-25-21-17(11-15(3)13-19(21)23-5)18-12-16(4)14-20(24-6)22(18)26-10-8-2;1-9-5-11(15(17)13(7-9)19-3)12-6-10(2)8-14(20-4)16(12)18;1-2-3-4/h7-8,11-14H,1-2,9-10H2,3-6H3;5-8,17-18H,1-4H3;2H,1,3H2. The fourth-order valence-corrected chi connectivity index (χ4v) is 4.98. The Balaban J connectivity index is 0.000000321. The number of benzene rings is 4. The van der Waals surface area contributed by atoms with Gasteiger partial charge in [-0.1, -0.05) is 47.3 Å². The topological polar surface area (TPSA) is 95.8 Å². The van der Waals surface area contributed by atoms with Crippen LogP contribution >= 0.6 is 15.9 Å². The molecule has 0 unspecified atom stereocenters. The van der Waals surface area contributed by atoms with E-state index < -0.39 is 0 Å². The summed E-state index contributed by atoms with van der Waals surface area (Å²) in [6.45, 7) is 19.5. The van der Waals surface area contributed by atoms with Crippen molar-refractivity contribution in [3.8, 4) is 68.2 Å². The van der Waals surface area contributed by atoms with E-state index in [1.807, 2.05) is 39.8 Å². The molecule has 0 bridgehead atoms. The van der Waals surface area contributed by atoms with Crippen LogP contribution in [0, 0.1) is 27.7 Å². The molecule has 268 valence electrons. The Bertz CT molecular complexity index is 1640. The summed E-state index contributed by atoms with van der Waals surface area (Å²) in [7, 11) is 6.25. The molecule has 0 aliphatic carbocycles. The lowest BCUT2D eigenvalue weighted by Crippen LogP contribution is -2.03. The fraction of sp³-hybridized carbons (Fsp3) is 0.268. The summed E-state index contributed by atoms with van der Waals surface area (Å²) in [5.74, 6) is 3.37. The minimum Gasteiger partial charge on any atom is -0.504 e. The number of ether oxygens (including phenoxy) is 6. The van der Waals surface area contributed by atoms with E-state index in [9.17, 15) is 10.2 Å². The van der Waals surface area contributed by atoms with Gasteiger partial charge in [-0.25, -0.2) is 0 Å². The molecule has 0 radical (unpaired) electrons. The maximum Gasteiger partial charge on any atom is 0.169 e. The molecule has 0 heterocycles. The zero-order valence-corrected chi connectivity index (χ0v) is 31.9. The number of hydrogen-bond acceptors (Lipinski definition) is 8. The fourth-order valence-electron chi connectivity index (χ4n) is 4.98. The SMILES string of the molecule is C=CCBr.C=CCOc1c(OC)cc(C)cc1-c1cc(C)cc(OC)c1OCC=C.COc1cc(C)cc(-c2cc(C)cc(OC)c2O)c1O. The van der Waals surface area contributed by atoms with Gasteiger partial charge in [-0.05, 0) is 98.5 Å². The van der Waals surface area contributed by atoms with Crippen molar-refractivity contribution in [1.29, 1.82) is 0 Å². The van der Waals surface area contributed by atoms with E-state index in [0.29, 0.717) is 58.8 Å². The molecule has 0 atom stereocenters. The van der Waals surface area contributed by atoms with Gasteiger partial charge in [-0.15, -0.1) is 6.58 Å². The van der Waals surface area contributed by atoms with Crippen molar-refractivity contribution in [2.75, 3.05) is 47.0 Å². The zero-order valence-electron chi connectivity index (χ0n) is 30.3. The number of halogens is 1. The highest BCUT2D eigenvalue weighted by atomic mass is 79.9. The van der Waals surface area contributed by atoms with Crippen molar-refractivity contribution in [1.82, 2.24) is 0 Å². The number of phenols is 2. The van der Waals surface area contributed by atoms with Crippen molar-refractivity contribution < 1.29 is 38.6 Å². The number of rotatable bonds is 13. The molecular weight excluding hydrogens is 700 g/mol. The molecule has 0 saturated carbocycles. The smallest absolute Gasteiger partial charge is 0.169 e. The summed E-state index contributed by atoms with van der Waals surface area (Å²) in [4.78, 5) is 0. The quantitative estimate of drug-likeness (QED) is 0.103. The highest BCUT2D eigenvalue weighted by Gasteiger charge is 2.21. The number of aryl methyl sites for hydroxylation is 4. The predicted octanol–water partition coefficient (Wildman–Crippen LogP) is 10.1. The monoisotopic (exact) mass is 748 g/mol. The number of aromatic hydroxyl groups is 2. The third-order valence-corrected chi connectivity index (χ3v) is 7.55. The summed E-state index contributed by atoms with van der Waals surface area (Å²) in [6.07, 6.45) is 5.20. The van der Waals surface area contributed by atoms with Gasteiger partial charge in [0.15, 0.2) is 46.0 Å². The Labute approximate surface area is 305 Å². The van der Waals surface area contributed by atoms with E-state index in [-0.39, 0.29) is 11.5 Å². The highest BCUT2D eigenvalue weighted by molar-refractivity contribution is 9.09. The molecule has 9 heteroatoms. The minimum atomic E-state index is 0.000975. The third kappa shape index (κ3) is 10.7. The van der Waals surface area contributed by atoms with Crippen LogP contribution in [0.1, 0.15) is 22.3 Å². The first-order valence-electron chi connectivity index (χ1n) is 15.7. The van der Waals surface area contributed by atoms with Crippen LogP contribution in [0.4, 0.5) is 0 Å². The molecular formula is C41H49BrO8. The lowest BCUT2D eigenvalue weighted by atomic mass is 9.98. The molecule has 8 nitrogen and oxygen atoms in total. The minimum absolute atomic E-state index is 0.000975. The van der Waals surface area contributed by atoms with Crippen molar-refractivity contribution >= 4 is 15.9 Å². The molecule has 0 spiro atoms. The van der Waals surface area contributed by atoms with Crippen LogP contribution in [-0.2, 0) is 0 Å². The van der Waals surface area contributed by atoms with Crippen LogP contribution in [0.2, 0.25) is 0 Å². The maximum atomic E-state index is 10.3. The molecule has 4 aromatic rings. The summed E-state index contributed by atoms with van der Waals surface area (Å²) in [5.41, 5.74) is 6.75. The van der Waals surface area contributed by atoms with Crippen LogP contribution in [0.25, 0.3) is 22.3 Å². The van der Waals surface area contributed by atoms with Gasteiger partial charge in [0.05, 0.1) is 28.4 Å². The molecule has 4 rings (SSSR count). The second-order valence-electron chi connectivity index (χ2n) is 11.1. The van der Waals surface area contributed by atoms with Crippen molar-refractivity contribution in [3.63, 3.8) is 0 Å². The zero-order chi connectivity index (χ0) is 37.4. The Kier molecular flexibility index (Phi) is 16.9. The van der Waals surface area contributed by atoms with E-state index in [1.54, 1.807) is 56.7 Å². The molecule has 0 aromatic heterocycles. The molecule has 2 N–H and O–H groups in total. The average molecular weight is 750 g/mol. The van der Waals surface area contributed by atoms with Gasteiger partial charge in [-0.2, -0.15) is 0 Å². The van der Waals surface area contributed by atoms with Crippen molar-refractivity contribution in [2.24, 2.45) is 0 Å². The lowest BCUT2D eigenvalue weighted by Gasteiger charge is -2.20. The van der Waals surface area contributed by atoms with E-state index in [4.69, 9.17) is 28.4 Å². The third-order valence-electron chi connectivity index (χ3n) is 7.10. The lowest BCUT2D eigenvalue weighted by molar-refractivity contribution is 0.323. The van der Waals surface area contributed by atoms with E-state index in [2.05, 4.69) is 47.8 Å². The van der Waals surface area contributed by atoms with E-state index in [0.717, 1.165) is 38.7 Å². The van der Waals surface area contributed by atoms with Gasteiger partial charge in [0, 0.05) is 27.6 Å². The molecule has 4 aromatic carbocycles. The van der Waals surface area contributed by atoms with Gasteiger partial charge in [0.2, 0.25) is 0 Å². The maximum absolute atomic E-state index is 10.3. The summed E-state index contributed by atoms with van der Waals surface area (Å²) in [5, 5.41) is 21.4. The van der Waals surface area contributed by atoms with E-state index in [1.165, 1.54) is 14.2 Å². The average Bonchev–Trinajstić information content (AvgIpc) is 3.11. The van der Waals surface area contributed by atoms with Gasteiger partial charge in [-0.3, -0.25) is 0 Å². The molecule has 0 amide bonds. The highest BCUT2D eigenvalue weighted by Crippen LogP contribution is 2.47. The van der Waals surface area contributed by atoms with Crippen LogP contribution in [-0.4, -0.2) is 57.2 Å². The predicted molar refractivity (Wildman–Crippen MR) is 208 cm³/mol. The number of allylic oxidation sites excluding steroid dienone is 1. The number of alkyl halides is 1. The second kappa shape index (κ2) is 20.5. The summed E-state index contributed by atoms with van der Waals surface area (Å²) >= 11 is 3.13. The largest absolute Gasteiger partial charge is 0.504 e. The van der Waals surface area contributed by atoms with Crippen molar-refractivity contribution in [3.05, 3.63) is 109 Å². The first kappa shape index (κ1) is 41.2. The van der Waals surface area contributed by atoms with Crippen LogP contribution in [0.15, 0.2) is 86.5 Å². The van der Waals surface area contributed by atoms with Crippen LogP contribution < -0.4 is 28.4 Å². The van der Waals surface area contributed by atoms with Gasteiger partial charge >= 0.3 is 0 Å². The summed E-state index contributed by atoms with van der Waals surface area (Å²) in [6, 6.07) is 15.1. The Morgan fingerprint density at radius 1 is 0.500 bits per heavy atom. The van der Waals surface area contributed by atoms with Crippen molar-refractivity contribution in [2.45, 2.75) is 27.7 Å². The molecule has 0 aliphatic rings. The van der Waals surface area contributed by atoms with E-state index >= 15 is 0 Å². The van der Waals surface area contributed by atoms with Gasteiger partial charge < -0.3 is 38.6 Å². The molecule has 0 fully saturated rings. The Morgan fingerprint density at radius 3 is 1.04 bits per heavy atom. The number of hydrogen-bond donors (Lipinski definition) is 2. The van der Waals surface area contributed by atoms with Crippen LogP contribution in [0.3, 0.4) is 0 Å². The van der Waals surface area contributed by atoms with Crippen LogP contribution in [0.5, 0.6) is 46.0 Å². The first-order chi connectivity index (χ1) is 23.9. The second-order valence-corrected chi connectivity index (χ2v) is 11.7. The molecule has 0 saturated heterocycles. The van der Waals surface area contributed by atoms with Gasteiger partial charge in [0.1, 0.15) is 13.2 Å². The normalized spacial score (nSPS) is 9.94. The molecule has 0 aliphatic heterocycles. The molecule has 50 heavy (non-hydrogen) atoms. The Morgan fingerprint density at radius 2 is 0.780 bits per heavy atom. The first-order valence-corrected chi connectivity index (χ1v) is 16.8. The number of phenolic OH excluding ortho intramolecular Hbond substituents is 2.